The first-order valence-electron chi connectivity index (χ1n) is 6.77. The van der Waals surface area contributed by atoms with Crippen molar-refractivity contribution in [3.8, 4) is 0 Å². The van der Waals surface area contributed by atoms with Crippen molar-refractivity contribution in [2.45, 2.75) is 25.4 Å². The lowest BCUT2D eigenvalue weighted by atomic mass is 9.94. The van der Waals surface area contributed by atoms with Gasteiger partial charge >= 0.3 is 5.97 Å². The molecule has 1 atom stereocenters. The van der Waals surface area contributed by atoms with E-state index >= 15 is 0 Å². The highest BCUT2D eigenvalue weighted by molar-refractivity contribution is 5.92. The number of nitrogens with zero attached hydrogens (tertiary/aromatic N) is 1. The maximum atomic E-state index is 11.5. The fraction of sp³-hybridized carbons (Fsp3) is 0.533. The number of rotatable bonds is 3. The fourth-order valence-electron chi connectivity index (χ4n) is 2.67. The van der Waals surface area contributed by atoms with E-state index in [1.165, 1.54) is 7.11 Å². The molecule has 1 fully saturated rings. The number of hydrogen-bond donors (Lipinski definition) is 1. The van der Waals surface area contributed by atoms with Gasteiger partial charge in [-0.25, -0.2) is 4.79 Å². The lowest BCUT2D eigenvalue weighted by molar-refractivity contribution is -0.00462. The summed E-state index contributed by atoms with van der Waals surface area (Å²) < 4.78 is 10.3. The number of hydrogen-bond acceptors (Lipinski definition) is 5. The highest BCUT2D eigenvalue weighted by Crippen LogP contribution is 2.31. The molecule has 1 aliphatic heterocycles. The molecule has 0 saturated carbocycles. The van der Waals surface area contributed by atoms with Crippen molar-refractivity contribution in [1.29, 1.82) is 0 Å². The SMILES string of the molecule is COC(=O)c1ccc(N2CCCC(C)(OC)C2)c(N)c1. The Bertz CT molecular complexity index is 504. The Morgan fingerprint density at radius 3 is 2.75 bits per heavy atom. The largest absolute Gasteiger partial charge is 0.465 e. The van der Waals surface area contributed by atoms with E-state index in [-0.39, 0.29) is 11.6 Å². The van der Waals surface area contributed by atoms with Crippen LogP contribution in [0.15, 0.2) is 18.2 Å². The zero-order chi connectivity index (χ0) is 14.8. The molecular formula is C15H22N2O3. The first kappa shape index (κ1) is 14.7. The average Bonchev–Trinajstić information content (AvgIpc) is 2.46. The molecule has 110 valence electrons. The Morgan fingerprint density at radius 2 is 2.15 bits per heavy atom. The van der Waals surface area contributed by atoms with Gasteiger partial charge in [0.05, 0.1) is 29.6 Å². The third kappa shape index (κ3) is 2.88. The number of methoxy groups -OCH3 is 2. The number of benzene rings is 1. The van der Waals surface area contributed by atoms with Crippen LogP contribution in [0.25, 0.3) is 0 Å². The lowest BCUT2D eigenvalue weighted by Gasteiger charge is -2.41. The van der Waals surface area contributed by atoms with E-state index < -0.39 is 0 Å². The van der Waals surface area contributed by atoms with Crippen LogP contribution in [0.3, 0.4) is 0 Å². The summed E-state index contributed by atoms with van der Waals surface area (Å²) in [7, 11) is 3.11. The molecule has 1 unspecified atom stereocenters. The van der Waals surface area contributed by atoms with Gasteiger partial charge in [0, 0.05) is 20.2 Å². The number of carbonyl (C=O) groups excluding carboxylic acids is 1. The van der Waals surface area contributed by atoms with Crippen molar-refractivity contribution < 1.29 is 14.3 Å². The molecule has 1 aromatic rings. The summed E-state index contributed by atoms with van der Waals surface area (Å²) in [6.45, 7) is 3.85. The molecule has 1 saturated heterocycles. The summed E-state index contributed by atoms with van der Waals surface area (Å²) in [5.74, 6) is -0.372. The Morgan fingerprint density at radius 1 is 1.40 bits per heavy atom. The predicted octanol–water partition coefficient (Wildman–Crippen LogP) is 2.06. The van der Waals surface area contributed by atoms with E-state index in [1.807, 2.05) is 6.07 Å². The molecule has 5 nitrogen and oxygen atoms in total. The summed E-state index contributed by atoms with van der Waals surface area (Å²) in [6.07, 6.45) is 2.10. The van der Waals surface area contributed by atoms with E-state index in [9.17, 15) is 4.79 Å². The number of ether oxygens (including phenoxy) is 2. The van der Waals surface area contributed by atoms with Gasteiger partial charge < -0.3 is 20.1 Å². The predicted molar refractivity (Wildman–Crippen MR) is 79.1 cm³/mol. The number of anilines is 2. The zero-order valence-electron chi connectivity index (χ0n) is 12.3. The number of esters is 1. The Balaban J connectivity index is 2.23. The van der Waals surface area contributed by atoms with Crippen molar-refractivity contribution in [2.24, 2.45) is 0 Å². The summed E-state index contributed by atoms with van der Waals surface area (Å²) >= 11 is 0. The van der Waals surface area contributed by atoms with Gasteiger partial charge in [-0.2, -0.15) is 0 Å². The number of nitrogens with two attached hydrogens (primary N) is 1. The third-order valence-corrected chi connectivity index (χ3v) is 3.94. The smallest absolute Gasteiger partial charge is 0.337 e. The number of piperidine rings is 1. The van der Waals surface area contributed by atoms with Gasteiger partial charge in [0.15, 0.2) is 0 Å². The topological polar surface area (TPSA) is 64.8 Å². The van der Waals surface area contributed by atoms with Crippen LogP contribution in [0, 0.1) is 0 Å². The minimum absolute atomic E-state index is 0.147. The van der Waals surface area contributed by atoms with E-state index in [0.717, 1.165) is 31.6 Å². The maximum Gasteiger partial charge on any atom is 0.337 e. The lowest BCUT2D eigenvalue weighted by Crippen LogP contribution is -2.47. The number of nitrogen functional groups attached to an aromatic ring is 1. The maximum absolute atomic E-state index is 11.5. The van der Waals surface area contributed by atoms with Gasteiger partial charge in [0.25, 0.3) is 0 Å². The van der Waals surface area contributed by atoms with Crippen LogP contribution in [-0.4, -0.2) is 38.9 Å². The molecule has 1 aromatic carbocycles. The van der Waals surface area contributed by atoms with E-state index in [2.05, 4.69) is 11.8 Å². The molecule has 1 aliphatic rings. The van der Waals surface area contributed by atoms with Crippen molar-refractivity contribution in [3.63, 3.8) is 0 Å². The van der Waals surface area contributed by atoms with Gasteiger partial charge in [0.1, 0.15) is 0 Å². The first-order chi connectivity index (χ1) is 9.49. The standard InChI is InChI=1S/C15H22N2O3/c1-15(20-3)7-4-8-17(10-15)13-6-5-11(9-12(13)16)14(18)19-2/h5-6,9H,4,7-8,10,16H2,1-3H3. The first-order valence-corrected chi connectivity index (χ1v) is 6.77. The molecule has 0 aliphatic carbocycles. The zero-order valence-corrected chi connectivity index (χ0v) is 12.3. The monoisotopic (exact) mass is 278 g/mol. The minimum Gasteiger partial charge on any atom is -0.465 e. The van der Waals surface area contributed by atoms with E-state index in [0.29, 0.717) is 11.3 Å². The molecule has 2 N–H and O–H groups in total. The summed E-state index contributed by atoms with van der Waals surface area (Å²) in [5, 5.41) is 0. The molecule has 1 heterocycles. The molecule has 0 spiro atoms. The van der Waals surface area contributed by atoms with Crippen LogP contribution in [-0.2, 0) is 9.47 Å². The Hall–Kier alpha value is -1.75. The van der Waals surface area contributed by atoms with Crippen molar-refractivity contribution in [3.05, 3.63) is 23.8 Å². The van der Waals surface area contributed by atoms with Crippen LogP contribution in [0.5, 0.6) is 0 Å². The molecule has 5 heteroatoms. The Labute approximate surface area is 119 Å². The third-order valence-electron chi connectivity index (χ3n) is 3.94. The van der Waals surface area contributed by atoms with Crippen molar-refractivity contribution in [1.82, 2.24) is 0 Å². The normalized spacial score (nSPS) is 22.6. The van der Waals surface area contributed by atoms with Crippen LogP contribution in [0.2, 0.25) is 0 Å². The van der Waals surface area contributed by atoms with Crippen LogP contribution in [0.1, 0.15) is 30.1 Å². The molecular weight excluding hydrogens is 256 g/mol. The van der Waals surface area contributed by atoms with Crippen molar-refractivity contribution >= 4 is 17.3 Å². The van der Waals surface area contributed by atoms with Crippen LogP contribution < -0.4 is 10.6 Å². The van der Waals surface area contributed by atoms with Crippen LogP contribution in [0.4, 0.5) is 11.4 Å². The van der Waals surface area contributed by atoms with E-state index in [4.69, 9.17) is 15.2 Å². The molecule has 0 radical (unpaired) electrons. The molecule has 0 bridgehead atoms. The van der Waals surface area contributed by atoms with Gasteiger partial charge in [-0.05, 0) is 38.0 Å². The summed E-state index contributed by atoms with van der Waals surface area (Å²) in [4.78, 5) is 13.7. The molecule has 0 aromatic heterocycles. The second kappa shape index (κ2) is 5.71. The van der Waals surface area contributed by atoms with Gasteiger partial charge in [0.2, 0.25) is 0 Å². The van der Waals surface area contributed by atoms with E-state index in [1.54, 1.807) is 19.2 Å². The Kier molecular flexibility index (Phi) is 4.18. The highest BCUT2D eigenvalue weighted by Gasteiger charge is 2.31. The van der Waals surface area contributed by atoms with Crippen LogP contribution >= 0.6 is 0 Å². The highest BCUT2D eigenvalue weighted by atomic mass is 16.5. The quantitative estimate of drug-likeness (QED) is 0.677. The molecule has 0 amide bonds. The van der Waals surface area contributed by atoms with Gasteiger partial charge in [-0.15, -0.1) is 0 Å². The fourth-order valence-corrected chi connectivity index (χ4v) is 2.67. The van der Waals surface area contributed by atoms with Gasteiger partial charge in [-0.3, -0.25) is 0 Å². The average molecular weight is 278 g/mol. The number of carbonyl (C=O) groups is 1. The second-order valence-corrected chi connectivity index (χ2v) is 5.44. The van der Waals surface area contributed by atoms with Crippen molar-refractivity contribution in [2.75, 3.05) is 37.9 Å². The second-order valence-electron chi connectivity index (χ2n) is 5.44. The summed E-state index contributed by atoms with van der Waals surface area (Å²) in [5.41, 5.74) is 7.95. The minimum atomic E-state index is -0.372. The molecule has 2 rings (SSSR count). The van der Waals surface area contributed by atoms with Gasteiger partial charge in [-0.1, -0.05) is 0 Å². The summed E-state index contributed by atoms with van der Waals surface area (Å²) in [6, 6.07) is 5.29. The molecule has 20 heavy (non-hydrogen) atoms.